The van der Waals surface area contributed by atoms with Crippen LogP contribution in [0.5, 0.6) is 0 Å². The van der Waals surface area contributed by atoms with Crippen molar-refractivity contribution in [3.63, 3.8) is 0 Å². The SMILES string of the molecule is CC(C)c1ccc(C(NC(=O)C2CCCN2)C(=O)Cc2cnnn2C)c(-c2ccccc2)c1F. The number of amides is 1. The van der Waals surface area contributed by atoms with E-state index in [1.807, 2.05) is 44.2 Å². The number of benzene rings is 2. The first kappa shape index (κ1) is 23.8. The third kappa shape index (κ3) is 4.92. The Bertz CT molecular complexity index is 1170. The fraction of sp³-hybridized carbons (Fsp3) is 0.385. The third-order valence-electron chi connectivity index (χ3n) is 6.35. The van der Waals surface area contributed by atoms with E-state index in [1.165, 1.54) is 10.9 Å². The van der Waals surface area contributed by atoms with Crippen molar-refractivity contribution in [3.8, 4) is 11.1 Å². The molecule has 0 radical (unpaired) electrons. The number of hydrogen-bond acceptors (Lipinski definition) is 5. The Balaban J connectivity index is 1.81. The van der Waals surface area contributed by atoms with Crippen LogP contribution in [0.2, 0.25) is 0 Å². The molecule has 34 heavy (non-hydrogen) atoms. The van der Waals surface area contributed by atoms with Crippen LogP contribution in [0.3, 0.4) is 0 Å². The summed E-state index contributed by atoms with van der Waals surface area (Å²) in [6.45, 7) is 4.61. The number of nitrogens with one attached hydrogen (secondary N) is 2. The van der Waals surface area contributed by atoms with Gasteiger partial charge in [-0.05, 0) is 42.0 Å². The molecule has 0 aliphatic carbocycles. The highest BCUT2D eigenvalue weighted by molar-refractivity contribution is 5.94. The average molecular weight is 464 g/mol. The first-order chi connectivity index (χ1) is 16.4. The molecule has 2 atom stereocenters. The van der Waals surface area contributed by atoms with Crippen molar-refractivity contribution in [2.75, 3.05) is 6.54 Å². The van der Waals surface area contributed by atoms with E-state index in [4.69, 9.17) is 0 Å². The van der Waals surface area contributed by atoms with Crippen LogP contribution < -0.4 is 10.6 Å². The molecule has 1 fully saturated rings. The number of rotatable bonds is 8. The standard InChI is InChI=1S/C26H30FN5O2/c1-16(2)19-11-12-20(23(24(19)27)17-8-5-4-6-9-17)25(30-26(34)21-10-7-13-28-21)22(33)14-18-15-29-31-32(18)3/h4-6,8-9,11-12,15-16,21,25,28H,7,10,13-14H2,1-3H3,(H,30,34). The van der Waals surface area contributed by atoms with Crippen LogP contribution >= 0.6 is 0 Å². The van der Waals surface area contributed by atoms with Gasteiger partial charge in [0.2, 0.25) is 5.91 Å². The molecule has 7 nitrogen and oxygen atoms in total. The van der Waals surface area contributed by atoms with E-state index in [1.54, 1.807) is 19.2 Å². The Morgan fingerprint density at radius 2 is 1.91 bits per heavy atom. The van der Waals surface area contributed by atoms with Gasteiger partial charge in [-0.25, -0.2) is 4.39 Å². The lowest BCUT2D eigenvalue weighted by Crippen LogP contribution is -2.44. The van der Waals surface area contributed by atoms with Crippen LogP contribution in [-0.2, 0) is 23.1 Å². The maximum atomic E-state index is 15.9. The molecule has 1 aliphatic heterocycles. The summed E-state index contributed by atoms with van der Waals surface area (Å²) in [5, 5.41) is 13.8. The van der Waals surface area contributed by atoms with Gasteiger partial charge in [0.1, 0.15) is 11.9 Å². The van der Waals surface area contributed by atoms with Crippen LogP contribution in [0, 0.1) is 5.82 Å². The number of aromatic nitrogens is 3. The number of carbonyl (C=O) groups excluding carboxylic acids is 2. The number of nitrogens with zero attached hydrogens (tertiary/aromatic N) is 3. The smallest absolute Gasteiger partial charge is 0.237 e. The van der Waals surface area contributed by atoms with Crippen molar-refractivity contribution in [3.05, 3.63) is 71.3 Å². The summed E-state index contributed by atoms with van der Waals surface area (Å²) in [4.78, 5) is 26.7. The second-order valence-corrected chi connectivity index (χ2v) is 9.04. The van der Waals surface area contributed by atoms with Crippen LogP contribution in [-0.4, -0.2) is 39.3 Å². The van der Waals surface area contributed by atoms with Gasteiger partial charge in [0.05, 0.1) is 24.4 Å². The number of aryl methyl sites for hydroxylation is 1. The molecule has 2 unspecified atom stereocenters. The van der Waals surface area contributed by atoms with Crippen LogP contribution in [0.1, 0.15) is 55.5 Å². The second kappa shape index (κ2) is 10.3. The maximum Gasteiger partial charge on any atom is 0.237 e. The van der Waals surface area contributed by atoms with Crippen molar-refractivity contribution in [2.45, 2.75) is 51.1 Å². The normalized spacial score (nSPS) is 16.6. The van der Waals surface area contributed by atoms with Crippen LogP contribution in [0.25, 0.3) is 11.1 Å². The Hall–Kier alpha value is -3.39. The summed E-state index contributed by atoms with van der Waals surface area (Å²) < 4.78 is 17.4. The van der Waals surface area contributed by atoms with Gasteiger partial charge in [0, 0.05) is 12.6 Å². The molecule has 4 rings (SSSR count). The predicted molar refractivity (Wildman–Crippen MR) is 128 cm³/mol. The van der Waals surface area contributed by atoms with Gasteiger partial charge in [-0.3, -0.25) is 14.3 Å². The van der Waals surface area contributed by atoms with Gasteiger partial charge in [-0.2, -0.15) is 0 Å². The van der Waals surface area contributed by atoms with Crippen molar-refractivity contribution in [1.29, 1.82) is 0 Å². The van der Waals surface area contributed by atoms with E-state index in [2.05, 4.69) is 20.9 Å². The highest BCUT2D eigenvalue weighted by atomic mass is 19.1. The highest BCUT2D eigenvalue weighted by Gasteiger charge is 2.32. The van der Waals surface area contributed by atoms with E-state index >= 15 is 4.39 Å². The van der Waals surface area contributed by atoms with Crippen LogP contribution in [0.4, 0.5) is 4.39 Å². The molecule has 1 amide bonds. The van der Waals surface area contributed by atoms with Gasteiger partial charge < -0.3 is 10.6 Å². The molecule has 0 saturated carbocycles. The minimum Gasteiger partial charge on any atom is -0.341 e. The van der Waals surface area contributed by atoms with Crippen molar-refractivity contribution in [1.82, 2.24) is 25.6 Å². The Labute approximate surface area is 198 Å². The second-order valence-electron chi connectivity index (χ2n) is 9.04. The number of hydrogen-bond donors (Lipinski definition) is 2. The molecule has 1 aliphatic rings. The van der Waals surface area contributed by atoms with E-state index in [0.29, 0.717) is 34.4 Å². The molecule has 0 spiro atoms. The zero-order valence-corrected chi connectivity index (χ0v) is 19.7. The summed E-state index contributed by atoms with van der Waals surface area (Å²) in [6.07, 6.45) is 3.12. The summed E-state index contributed by atoms with van der Waals surface area (Å²) in [5.41, 5.74) is 2.62. The van der Waals surface area contributed by atoms with E-state index in [-0.39, 0.29) is 35.9 Å². The van der Waals surface area contributed by atoms with Gasteiger partial charge in [-0.15, -0.1) is 5.10 Å². The monoisotopic (exact) mass is 463 g/mol. The predicted octanol–water partition coefficient (Wildman–Crippen LogP) is 3.47. The lowest BCUT2D eigenvalue weighted by molar-refractivity contribution is -0.128. The topological polar surface area (TPSA) is 88.9 Å². The quantitative estimate of drug-likeness (QED) is 0.534. The molecule has 178 valence electrons. The summed E-state index contributed by atoms with van der Waals surface area (Å²) in [5.74, 6) is -0.924. The van der Waals surface area contributed by atoms with Crippen molar-refractivity contribution >= 4 is 11.7 Å². The van der Waals surface area contributed by atoms with Crippen LogP contribution in [0.15, 0.2) is 48.7 Å². The molecule has 8 heteroatoms. The molecular formula is C26H30FN5O2. The number of ketones is 1. The van der Waals surface area contributed by atoms with E-state index in [9.17, 15) is 9.59 Å². The minimum atomic E-state index is -1.02. The Morgan fingerprint density at radius 1 is 1.18 bits per heavy atom. The zero-order chi connectivity index (χ0) is 24.2. The van der Waals surface area contributed by atoms with E-state index < -0.39 is 6.04 Å². The van der Waals surface area contributed by atoms with Crippen molar-refractivity contribution in [2.24, 2.45) is 7.05 Å². The maximum absolute atomic E-state index is 15.9. The van der Waals surface area contributed by atoms with E-state index in [0.717, 1.165) is 13.0 Å². The lowest BCUT2D eigenvalue weighted by Gasteiger charge is -2.24. The van der Waals surface area contributed by atoms with Crippen molar-refractivity contribution < 1.29 is 14.0 Å². The molecule has 2 aromatic carbocycles. The van der Waals surface area contributed by atoms with Gasteiger partial charge in [0.15, 0.2) is 5.78 Å². The first-order valence-corrected chi connectivity index (χ1v) is 11.6. The molecule has 2 N–H and O–H groups in total. The fourth-order valence-corrected chi connectivity index (χ4v) is 4.43. The first-order valence-electron chi connectivity index (χ1n) is 11.6. The molecule has 2 heterocycles. The third-order valence-corrected chi connectivity index (χ3v) is 6.35. The molecule has 1 aromatic heterocycles. The molecule has 3 aromatic rings. The summed E-state index contributed by atoms with van der Waals surface area (Å²) in [7, 11) is 1.71. The van der Waals surface area contributed by atoms with Gasteiger partial charge in [-0.1, -0.05) is 61.5 Å². The minimum absolute atomic E-state index is 0.00826. The fourth-order valence-electron chi connectivity index (χ4n) is 4.43. The average Bonchev–Trinajstić information content (AvgIpc) is 3.50. The molecular weight excluding hydrogens is 433 g/mol. The summed E-state index contributed by atoms with van der Waals surface area (Å²) >= 11 is 0. The number of Topliss-reactive ketones (excluding diaryl/α,β-unsaturated/α-hetero) is 1. The number of carbonyl (C=O) groups is 2. The Morgan fingerprint density at radius 3 is 2.53 bits per heavy atom. The lowest BCUT2D eigenvalue weighted by atomic mass is 9.87. The summed E-state index contributed by atoms with van der Waals surface area (Å²) in [6, 6.07) is 11.3. The highest BCUT2D eigenvalue weighted by Crippen LogP contribution is 2.36. The largest absolute Gasteiger partial charge is 0.341 e. The van der Waals surface area contributed by atoms with Gasteiger partial charge in [0.25, 0.3) is 0 Å². The zero-order valence-electron chi connectivity index (χ0n) is 19.7. The molecule has 0 bridgehead atoms. The Kier molecular flexibility index (Phi) is 7.17. The molecule has 1 saturated heterocycles. The van der Waals surface area contributed by atoms with Gasteiger partial charge >= 0.3 is 0 Å². The number of halogens is 1.